The molecule has 0 spiro atoms. The summed E-state index contributed by atoms with van der Waals surface area (Å²) in [6.45, 7) is 1.97. The van der Waals surface area contributed by atoms with E-state index in [1.54, 1.807) is 30.3 Å². The Morgan fingerprint density at radius 1 is 0.850 bits per heavy atom. The average molecular weight is 586 g/mol. The van der Waals surface area contributed by atoms with Gasteiger partial charge >= 0.3 is 12.1 Å². The van der Waals surface area contributed by atoms with Gasteiger partial charge in [0, 0.05) is 5.75 Å². The van der Waals surface area contributed by atoms with Crippen LogP contribution < -0.4 is 4.72 Å². The minimum Gasteiger partial charge on any atom is -0.480 e. The molecule has 208 valence electrons. The lowest BCUT2D eigenvalue weighted by Crippen LogP contribution is -2.44. The molecule has 5 nitrogen and oxygen atoms in total. The normalized spacial score (nSPS) is 13.5. The summed E-state index contributed by atoms with van der Waals surface area (Å²) in [5.74, 6) is -0.858. The van der Waals surface area contributed by atoms with Gasteiger partial charge in [0.2, 0.25) is 10.0 Å². The molecule has 0 unspecified atom stereocenters. The molecule has 4 aromatic rings. The Morgan fingerprint density at radius 3 is 1.93 bits per heavy atom. The number of alkyl halides is 3. The maximum absolute atomic E-state index is 13.3. The number of halogens is 3. The second-order valence-corrected chi connectivity index (χ2v) is 12.0. The quantitative estimate of drug-likeness (QED) is 0.208. The minimum atomic E-state index is -4.46. The lowest BCUT2D eigenvalue weighted by Gasteiger charge is -2.25. The zero-order valence-electron chi connectivity index (χ0n) is 21.3. The predicted octanol–water partition coefficient (Wildman–Crippen LogP) is 7.09. The third-order valence-electron chi connectivity index (χ3n) is 6.24. The Bertz CT molecular complexity index is 1540. The summed E-state index contributed by atoms with van der Waals surface area (Å²) >= 11 is 1.32. The van der Waals surface area contributed by atoms with Gasteiger partial charge in [-0.05, 0) is 53.4 Å². The zero-order chi connectivity index (χ0) is 28.9. The first-order valence-corrected chi connectivity index (χ1v) is 14.7. The Hall–Kier alpha value is -3.60. The van der Waals surface area contributed by atoms with Crippen molar-refractivity contribution in [3.05, 3.63) is 125 Å². The van der Waals surface area contributed by atoms with E-state index in [1.165, 1.54) is 48.2 Å². The molecule has 0 aliphatic heterocycles. The summed E-state index contributed by atoms with van der Waals surface area (Å²) in [6.07, 6.45) is -4.46. The summed E-state index contributed by atoms with van der Waals surface area (Å²) in [7, 11) is -4.26. The summed E-state index contributed by atoms with van der Waals surface area (Å²) < 4.78 is 67.5. The molecule has 0 heterocycles. The summed E-state index contributed by atoms with van der Waals surface area (Å²) in [6, 6.07) is 25.2. The first-order valence-electron chi connectivity index (χ1n) is 12.2. The van der Waals surface area contributed by atoms with Crippen LogP contribution in [0.15, 0.2) is 108 Å². The number of hydrogen-bond donors (Lipinski definition) is 2. The maximum Gasteiger partial charge on any atom is 0.416 e. The van der Waals surface area contributed by atoms with E-state index in [-0.39, 0.29) is 4.90 Å². The standard InChI is InChI=1S/C30H26F3NO4S2/c1-20-7-9-21(10-8-20)19-39-28(24-5-3-2-4-6-24)27(29(35)36)34-40(37,38)26-17-13-23(14-18-26)22-11-15-25(16-12-22)30(31,32)33/h2-18,27-28,34H,19H2,1H3,(H,35,36)/t27-,28-/m1/s1. The number of nitrogens with one attached hydrogen (secondary N) is 1. The molecule has 2 atom stereocenters. The van der Waals surface area contributed by atoms with Crippen LogP contribution in [-0.2, 0) is 26.7 Å². The van der Waals surface area contributed by atoms with Crippen molar-refractivity contribution in [1.82, 2.24) is 4.72 Å². The van der Waals surface area contributed by atoms with E-state index in [4.69, 9.17) is 0 Å². The van der Waals surface area contributed by atoms with Gasteiger partial charge in [-0.15, -0.1) is 11.8 Å². The van der Waals surface area contributed by atoms with Crippen LogP contribution in [0.3, 0.4) is 0 Å². The molecule has 0 saturated carbocycles. The van der Waals surface area contributed by atoms with Crippen LogP contribution in [-0.4, -0.2) is 25.5 Å². The second-order valence-electron chi connectivity index (χ2n) is 9.16. The number of aliphatic carboxylic acids is 1. The van der Waals surface area contributed by atoms with Crippen molar-refractivity contribution in [2.45, 2.75) is 35.0 Å². The number of hydrogen-bond acceptors (Lipinski definition) is 4. The van der Waals surface area contributed by atoms with E-state index in [1.807, 2.05) is 31.2 Å². The fraction of sp³-hybridized carbons (Fsp3) is 0.167. The van der Waals surface area contributed by atoms with Crippen LogP contribution in [0, 0.1) is 6.92 Å². The third kappa shape index (κ3) is 7.32. The molecule has 0 bridgehead atoms. The predicted molar refractivity (Wildman–Crippen MR) is 150 cm³/mol. The van der Waals surface area contributed by atoms with Crippen molar-refractivity contribution < 1.29 is 31.5 Å². The molecule has 40 heavy (non-hydrogen) atoms. The van der Waals surface area contributed by atoms with Crippen LogP contribution in [0.4, 0.5) is 13.2 Å². The van der Waals surface area contributed by atoms with E-state index in [0.717, 1.165) is 23.3 Å². The van der Waals surface area contributed by atoms with E-state index in [2.05, 4.69) is 4.72 Å². The molecular formula is C30H26F3NO4S2. The summed E-state index contributed by atoms with van der Waals surface area (Å²) in [5, 5.41) is 9.37. The lowest BCUT2D eigenvalue weighted by molar-refractivity contribution is -0.139. The molecular weight excluding hydrogens is 559 g/mol. The lowest BCUT2D eigenvalue weighted by atomic mass is 10.0. The highest BCUT2D eigenvalue weighted by Crippen LogP contribution is 2.36. The number of carbonyl (C=O) groups is 1. The van der Waals surface area contributed by atoms with Gasteiger partial charge in [0.25, 0.3) is 0 Å². The topological polar surface area (TPSA) is 83.5 Å². The van der Waals surface area contributed by atoms with Gasteiger partial charge < -0.3 is 5.11 Å². The minimum absolute atomic E-state index is 0.162. The monoisotopic (exact) mass is 585 g/mol. The molecule has 4 aromatic carbocycles. The van der Waals surface area contributed by atoms with E-state index in [9.17, 15) is 31.5 Å². The SMILES string of the molecule is Cc1ccc(CS[C@H](c2ccccc2)[C@@H](NS(=O)(=O)c2ccc(-c3ccc(C(F)(F)F)cc3)cc2)C(=O)O)cc1. The zero-order valence-corrected chi connectivity index (χ0v) is 22.9. The number of aryl methyl sites for hydroxylation is 1. The highest BCUT2D eigenvalue weighted by Gasteiger charge is 2.34. The highest BCUT2D eigenvalue weighted by atomic mass is 32.2. The van der Waals surface area contributed by atoms with E-state index < -0.39 is 39.0 Å². The third-order valence-corrected chi connectivity index (χ3v) is 9.10. The summed E-state index contributed by atoms with van der Waals surface area (Å²) in [5.41, 5.74) is 2.93. The van der Waals surface area contributed by atoms with E-state index in [0.29, 0.717) is 22.4 Å². The largest absolute Gasteiger partial charge is 0.480 e. The molecule has 0 aliphatic carbocycles. The van der Waals surface area contributed by atoms with Crippen LogP contribution in [0.5, 0.6) is 0 Å². The number of carboxylic acids is 1. The Labute approximate surface area is 235 Å². The van der Waals surface area contributed by atoms with Crippen LogP contribution in [0.2, 0.25) is 0 Å². The molecule has 0 amide bonds. The van der Waals surface area contributed by atoms with Crippen molar-refractivity contribution >= 4 is 27.8 Å². The number of thioether (sulfide) groups is 1. The molecule has 0 aromatic heterocycles. The molecule has 0 radical (unpaired) electrons. The second kappa shape index (κ2) is 12.3. The number of carboxylic acid groups (broad SMARTS) is 1. The Balaban J connectivity index is 1.57. The van der Waals surface area contributed by atoms with Crippen molar-refractivity contribution in [3.63, 3.8) is 0 Å². The molecule has 4 rings (SSSR count). The number of sulfonamides is 1. The van der Waals surface area contributed by atoms with Crippen LogP contribution in [0.1, 0.15) is 27.5 Å². The van der Waals surface area contributed by atoms with Crippen molar-refractivity contribution in [1.29, 1.82) is 0 Å². The number of benzene rings is 4. The van der Waals surface area contributed by atoms with Gasteiger partial charge in [-0.3, -0.25) is 4.79 Å². The van der Waals surface area contributed by atoms with Gasteiger partial charge in [-0.1, -0.05) is 84.4 Å². The van der Waals surface area contributed by atoms with Crippen molar-refractivity contribution in [2.75, 3.05) is 0 Å². The fourth-order valence-electron chi connectivity index (χ4n) is 4.05. The maximum atomic E-state index is 13.3. The van der Waals surface area contributed by atoms with E-state index >= 15 is 0 Å². The Morgan fingerprint density at radius 2 is 1.40 bits per heavy atom. The highest BCUT2D eigenvalue weighted by molar-refractivity contribution is 7.98. The van der Waals surface area contributed by atoms with Gasteiger partial charge in [0.15, 0.2) is 0 Å². The van der Waals surface area contributed by atoms with Gasteiger partial charge in [-0.2, -0.15) is 17.9 Å². The van der Waals surface area contributed by atoms with Gasteiger partial charge in [0.1, 0.15) is 6.04 Å². The van der Waals surface area contributed by atoms with Gasteiger partial charge in [-0.25, -0.2) is 8.42 Å². The molecule has 0 fully saturated rings. The van der Waals surface area contributed by atoms with Gasteiger partial charge in [0.05, 0.1) is 15.7 Å². The smallest absolute Gasteiger partial charge is 0.416 e. The first-order chi connectivity index (χ1) is 18.9. The molecule has 0 saturated heterocycles. The van der Waals surface area contributed by atoms with Crippen molar-refractivity contribution in [2.24, 2.45) is 0 Å². The fourth-order valence-corrected chi connectivity index (χ4v) is 6.63. The molecule has 0 aliphatic rings. The Kier molecular flexibility index (Phi) is 9.02. The summed E-state index contributed by atoms with van der Waals surface area (Å²) in [4.78, 5) is 12.2. The average Bonchev–Trinajstić information content (AvgIpc) is 2.93. The molecule has 2 N–H and O–H groups in total. The van der Waals surface area contributed by atoms with Crippen LogP contribution >= 0.6 is 11.8 Å². The number of rotatable bonds is 10. The molecule has 10 heteroatoms. The van der Waals surface area contributed by atoms with Crippen molar-refractivity contribution in [3.8, 4) is 11.1 Å². The first kappa shape index (κ1) is 29.4. The van der Waals surface area contributed by atoms with Crippen LogP contribution in [0.25, 0.3) is 11.1 Å².